The summed E-state index contributed by atoms with van der Waals surface area (Å²) in [6.07, 6.45) is 3.70. The SMILES string of the molecule is CCCCOc1ccc(-c2[nH]ncc2C(=O)NCc2ccccc2)cc1. The molecule has 0 unspecified atom stereocenters. The Balaban J connectivity index is 1.66. The first-order valence-electron chi connectivity index (χ1n) is 8.86. The van der Waals surface area contributed by atoms with Crippen LogP contribution in [0, 0.1) is 0 Å². The number of carbonyl (C=O) groups excluding carboxylic acids is 1. The summed E-state index contributed by atoms with van der Waals surface area (Å²) in [7, 11) is 0. The van der Waals surface area contributed by atoms with Crippen LogP contribution in [0.25, 0.3) is 11.3 Å². The molecule has 3 aromatic rings. The number of carbonyl (C=O) groups is 1. The number of ether oxygens (including phenoxy) is 1. The van der Waals surface area contributed by atoms with Gasteiger partial charge in [-0.15, -0.1) is 0 Å². The second-order valence-corrected chi connectivity index (χ2v) is 6.05. The lowest BCUT2D eigenvalue weighted by Gasteiger charge is -2.08. The van der Waals surface area contributed by atoms with Crippen LogP contribution in [0.4, 0.5) is 0 Å². The number of nitrogens with one attached hydrogen (secondary N) is 2. The quantitative estimate of drug-likeness (QED) is 0.599. The second-order valence-electron chi connectivity index (χ2n) is 6.05. The van der Waals surface area contributed by atoms with Crippen molar-refractivity contribution in [2.45, 2.75) is 26.3 Å². The molecule has 0 aliphatic rings. The fraction of sp³-hybridized carbons (Fsp3) is 0.238. The molecular formula is C21H23N3O2. The maximum absolute atomic E-state index is 12.5. The predicted octanol–water partition coefficient (Wildman–Crippen LogP) is 4.19. The summed E-state index contributed by atoms with van der Waals surface area (Å²) in [4.78, 5) is 12.5. The van der Waals surface area contributed by atoms with Gasteiger partial charge in [-0.25, -0.2) is 0 Å². The standard InChI is InChI=1S/C21H23N3O2/c1-2-3-13-26-18-11-9-17(10-12-18)20-19(15-23-24-20)21(25)22-14-16-7-5-4-6-8-16/h4-12,15H,2-3,13-14H2,1H3,(H,22,25)(H,23,24). The lowest BCUT2D eigenvalue weighted by Crippen LogP contribution is -2.22. The van der Waals surface area contributed by atoms with Crippen molar-refractivity contribution in [1.29, 1.82) is 0 Å². The first-order chi connectivity index (χ1) is 12.8. The Morgan fingerprint density at radius 1 is 1.12 bits per heavy atom. The molecule has 0 bridgehead atoms. The monoisotopic (exact) mass is 349 g/mol. The molecule has 1 aromatic heterocycles. The molecule has 5 heteroatoms. The van der Waals surface area contributed by atoms with E-state index in [0.29, 0.717) is 24.4 Å². The molecule has 0 radical (unpaired) electrons. The number of amides is 1. The molecule has 0 spiro atoms. The molecule has 5 nitrogen and oxygen atoms in total. The van der Waals surface area contributed by atoms with Crippen molar-refractivity contribution in [3.05, 3.63) is 71.9 Å². The molecule has 1 heterocycles. The normalized spacial score (nSPS) is 10.5. The second kappa shape index (κ2) is 8.85. The third-order valence-corrected chi connectivity index (χ3v) is 4.09. The van der Waals surface area contributed by atoms with Gasteiger partial charge in [-0.3, -0.25) is 9.89 Å². The van der Waals surface area contributed by atoms with Gasteiger partial charge in [0.1, 0.15) is 5.75 Å². The van der Waals surface area contributed by atoms with Crippen molar-refractivity contribution >= 4 is 5.91 Å². The van der Waals surface area contributed by atoms with Crippen LogP contribution in [-0.4, -0.2) is 22.7 Å². The maximum Gasteiger partial charge on any atom is 0.255 e. The highest BCUT2D eigenvalue weighted by Gasteiger charge is 2.15. The summed E-state index contributed by atoms with van der Waals surface area (Å²) in [5, 5.41) is 9.90. The van der Waals surface area contributed by atoms with Crippen LogP contribution in [0.1, 0.15) is 35.7 Å². The Hall–Kier alpha value is -3.08. The number of aromatic nitrogens is 2. The van der Waals surface area contributed by atoms with Gasteiger partial charge in [-0.1, -0.05) is 43.7 Å². The van der Waals surface area contributed by atoms with E-state index in [9.17, 15) is 4.79 Å². The molecule has 3 rings (SSSR count). The molecular weight excluding hydrogens is 326 g/mol. The average molecular weight is 349 g/mol. The smallest absolute Gasteiger partial charge is 0.255 e. The van der Waals surface area contributed by atoms with Gasteiger partial charge in [0.05, 0.1) is 24.1 Å². The number of aromatic amines is 1. The highest BCUT2D eigenvalue weighted by atomic mass is 16.5. The van der Waals surface area contributed by atoms with Crippen LogP contribution in [0.15, 0.2) is 60.8 Å². The van der Waals surface area contributed by atoms with Crippen molar-refractivity contribution in [3.63, 3.8) is 0 Å². The average Bonchev–Trinajstić information content (AvgIpc) is 3.18. The molecule has 26 heavy (non-hydrogen) atoms. The summed E-state index contributed by atoms with van der Waals surface area (Å²) in [5.41, 5.74) is 3.19. The largest absolute Gasteiger partial charge is 0.494 e. The highest BCUT2D eigenvalue weighted by molar-refractivity contribution is 5.99. The minimum absolute atomic E-state index is 0.152. The Morgan fingerprint density at radius 2 is 1.88 bits per heavy atom. The summed E-state index contributed by atoms with van der Waals surface area (Å²) in [6.45, 7) is 3.33. The zero-order valence-electron chi connectivity index (χ0n) is 14.9. The van der Waals surface area contributed by atoms with Crippen LogP contribution in [0.5, 0.6) is 5.75 Å². The number of hydrogen-bond donors (Lipinski definition) is 2. The Morgan fingerprint density at radius 3 is 2.62 bits per heavy atom. The van der Waals surface area contributed by atoms with Crippen LogP contribution < -0.4 is 10.1 Å². The molecule has 0 saturated heterocycles. The van der Waals surface area contributed by atoms with Crippen LogP contribution in [-0.2, 0) is 6.54 Å². The molecule has 0 aliphatic carbocycles. The number of nitrogens with zero attached hydrogens (tertiary/aromatic N) is 1. The number of benzene rings is 2. The fourth-order valence-electron chi connectivity index (χ4n) is 2.60. The van der Waals surface area contributed by atoms with Crippen molar-refractivity contribution in [1.82, 2.24) is 15.5 Å². The molecule has 134 valence electrons. The zero-order chi connectivity index (χ0) is 18.2. The molecule has 0 saturated carbocycles. The van der Waals surface area contributed by atoms with E-state index in [1.165, 1.54) is 0 Å². The lowest BCUT2D eigenvalue weighted by molar-refractivity contribution is 0.0951. The number of rotatable bonds is 8. The van der Waals surface area contributed by atoms with E-state index < -0.39 is 0 Å². The van der Waals surface area contributed by atoms with Gasteiger partial charge in [-0.2, -0.15) is 5.10 Å². The van der Waals surface area contributed by atoms with E-state index in [2.05, 4.69) is 22.4 Å². The molecule has 1 amide bonds. The van der Waals surface area contributed by atoms with E-state index >= 15 is 0 Å². The van der Waals surface area contributed by atoms with Gasteiger partial charge in [0.25, 0.3) is 5.91 Å². The van der Waals surface area contributed by atoms with E-state index in [1.807, 2.05) is 54.6 Å². The summed E-state index contributed by atoms with van der Waals surface area (Å²) in [5.74, 6) is 0.678. The van der Waals surface area contributed by atoms with Gasteiger partial charge < -0.3 is 10.1 Å². The third kappa shape index (κ3) is 4.51. The fourth-order valence-corrected chi connectivity index (χ4v) is 2.60. The van der Waals surface area contributed by atoms with E-state index in [0.717, 1.165) is 29.7 Å². The van der Waals surface area contributed by atoms with Gasteiger partial charge in [-0.05, 0) is 36.2 Å². The number of unbranched alkanes of at least 4 members (excludes halogenated alkanes) is 1. The Labute approximate surface area is 153 Å². The molecule has 2 aromatic carbocycles. The maximum atomic E-state index is 12.5. The van der Waals surface area contributed by atoms with E-state index in [4.69, 9.17) is 4.74 Å². The minimum atomic E-state index is -0.152. The number of H-pyrrole nitrogens is 1. The number of hydrogen-bond acceptors (Lipinski definition) is 3. The minimum Gasteiger partial charge on any atom is -0.494 e. The van der Waals surface area contributed by atoms with Crippen molar-refractivity contribution in [2.24, 2.45) is 0 Å². The van der Waals surface area contributed by atoms with Crippen molar-refractivity contribution in [2.75, 3.05) is 6.61 Å². The van der Waals surface area contributed by atoms with Crippen LogP contribution in [0.2, 0.25) is 0 Å². The van der Waals surface area contributed by atoms with Gasteiger partial charge in [0.2, 0.25) is 0 Å². The van der Waals surface area contributed by atoms with Crippen LogP contribution >= 0.6 is 0 Å². The van der Waals surface area contributed by atoms with Crippen molar-refractivity contribution in [3.8, 4) is 17.0 Å². The third-order valence-electron chi connectivity index (χ3n) is 4.09. The van der Waals surface area contributed by atoms with E-state index in [-0.39, 0.29) is 5.91 Å². The summed E-state index contributed by atoms with van der Waals surface area (Å²) >= 11 is 0. The predicted molar refractivity (Wildman–Crippen MR) is 102 cm³/mol. The topological polar surface area (TPSA) is 67.0 Å². The lowest BCUT2D eigenvalue weighted by atomic mass is 10.1. The molecule has 0 aliphatic heterocycles. The van der Waals surface area contributed by atoms with Gasteiger partial charge in [0.15, 0.2) is 0 Å². The van der Waals surface area contributed by atoms with Gasteiger partial charge in [0, 0.05) is 12.1 Å². The highest BCUT2D eigenvalue weighted by Crippen LogP contribution is 2.24. The zero-order valence-corrected chi connectivity index (χ0v) is 14.9. The first kappa shape index (κ1) is 17.7. The van der Waals surface area contributed by atoms with Crippen LogP contribution in [0.3, 0.4) is 0 Å². The van der Waals surface area contributed by atoms with Crippen molar-refractivity contribution < 1.29 is 9.53 Å². The molecule has 0 fully saturated rings. The van der Waals surface area contributed by atoms with Gasteiger partial charge >= 0.3 is 0 Å². The molecule has 0 atom stereocenters. The Kier molecular flexibility index (Phi) is 6.04. The molecule has 2 N–H and O–H groups in total. The Bertz CT molecular complexity index is 826. The first-order valence-corrected chi connectivity index (χ1v) is 8.86. The summed E-state index contributed by atoms with van der Waals surface area (Å²) < 4.78 is 5.68. The summed E-state index contributed by atoms with van der Waals surface area (Å²) in [6, 6.07) is 17.5. The van der Waals surface area contributed by atoms with E-state index in [1.54, 1.807) is 6.20 Å².